The van der Waals surface area contributed by atoms with Crippen LogP contribution in [0.2, 0.25) is 0 Å². The summed E-state index contributed by atoms with van der Waals surface area (Å²) in [6.07, 6.45) is 0. The summed E-state index contributed by atoms with van der Waals surface area (Å²) in [7, 11) is 0. The predicted octanol–water partition coefficient (Wildman–Crippen LogP) is -3.57. The molecule has 0 aromatic heterocycles. The number of hydrogen-bond donors (Lipinski definition) is 1. The molecule has 35 valence electrons. The van der Waals surface area contributed by atoms with Crippen molar-refractivity contribution in [2.24, 2.45) is 0 Å². The van der Waals surface area contributed by atoms with E-state index in [2.05, 4.69) is 0 Å². The van der Waals surface area contributed by atoms with E-state index in [0.29, 0.717) is 0 Å². The third kappa shape index (κ3) is 38.2. The maximum atomic E-state index is 8.52. The zero-order valence-electron chi connectivity index (χ0n) is 3.60. The molecule has 6 heavy (non-hydrogen) atoms. The summed E-state index contributed by atoms with van der Waals surface area (Å²) in [6.45, 7) is 0. The zero-order valence-corrected chi connectivity index (χ0v) is 8.31. The molecule has 4 N–H and O–H groups in total. The Bertz CT molecular complexity index is 15.5. The molecule has 0 aromatic rings. The molecular weight excluding hydrogens is 181 g/mol. The van der Waals surface area contributed by atoms with Crippen LogP contribution in [-0.4, -0.2) is 51.4 Å². The van der Waals surface area contributed by atoms with Gasteiger partial charge >= 0.3 is 0 Å². The fraction of sp³-hybridized carbons (Fsp3) is 0. The molecule has 0 amide bonds. The Morgan fingerprint density at radius 2 is 1.00 bits per heavy atom. The Hall–Kier alpha value is 1.96. The summed E-state index contributed by atoms with van der Waals surface area (Å²) in [5.74, 6) is 0. The molecule has 0 aliphatic rings. The molecule has 1 radical (unpaired) electrons. The monoisotopic (exact) mass is 184 g/mol. The molecule has 0 bridgehead atoms. The van der Waals surface area contributed by atoms with Gasteiger partial charge in [0.15, 0.2) is 0 Å². The minimum absolute atomic E-state index is 0. The molecule has 0 saturated carbocycles. The van der Waals surface area contributed by atoms with Gasteiger partial charge in [-0.2, -0.15) is 0 Å². The molecule has 0 saturated heterocycles. The van der Waals surface area contributed by atoms with Crippen LogP contribution in [0.4, 0.5) is 0 Å². The van der Waals surface area contributed by atoms with Crippen LogP contribution in [-0.2, 0) is 0 Å². The molecule has 6 heteroatoms. The average molecular weight is 185 g/mol. The minimum atomic E-state index is -3.65. The van der Waals surface area contributed by atoms with Gasteiger partial charge < -0.3 is 18.7 Å². The SMILES string of the molecule is [K].[NH4+].[O-][Br+2]([O-])[O-]. The normalized spacial score (nSPS) is 6.00. The van der Waals surface area contributed by atoms with Crippen molar-refractivity contribution < 1.29 is 27.4 Å². The molecule has 4 nitrogen and oxygen atoms in total. The van der Waals surface area contributed by atoms with Gasteiger partial charge in [-0.1, -0.05) is 0 Å². The van der Waals surface area contributed by atoms with Gasteiger partial charge in [0.05, 0.1) is 0 Å². The first-order valence-electron chi connectivity index (χ1n) is 0.463. The quantitative estimate of drug-likeness (QED) is 0.394. The average Bonchev–Trinajstić information content (AvgIpc) is 0.811. The minimum Gasteiger partial charge on any atom is -0.405 e. The second-order valence-corrected chi connectivity index (χ2v) is 0.982. The molecule has 0 spiro atoms. The Morgan fingerprint density at radius 3 is 1.00 bits per heavy atom. The molecule has 0 unspecified atom stereocenters. The molecular formula is H4BrKNO3. The molecule has 0 atom stereocenters. The Labute approximate surface area is 83.4 Å². The summed E-state index contributed by atoms with van der Waals surface area (Å²) in [6, 6.07) is 0. The van der Waals surface area contributed by atoms with E-state index >= 15 is 0 Å². The maximum absolute atomic E-state index is 8.52. The Balaban J connectivity index is -0.0000000450. The van der Waals surface area contributed by atoms with E-state index in [1.165, 1.54) is 0 Å². The Morgan fingerprint density at radius 1 is 1.00 bits per heavy atom. The van der Waals surface area contributed by atoms with Gasteiger partial charge in [-0.05, 0) is 0 Å². The van der Waals surface area contributed by atoms with Gasteiger partial charge in [-0.3, -0.25) is 0 Å². The van der Waals surface area contributed by atoms with E-state index in [1.807, 2.05) is 0 Å². The van der Waals surface area contributed by atoms with Crippen molar-refractivity contribution in [3.05, 3.63) is 0 Å². The van der Waals surface area contributed by atoms with Crippen molar-refractivity contribution in [2.45, 2.75) is 0 Å². The molecule has 0 fully saturated rings. The maximum Gasteiger partial charge on any atom is 0.216 e. The second kappa shape index (κ2) is 10.0. The van der Waals surface area contributed by atoms with Crippen LogP contribution in [0.5, 0.6) is 0 Å². The van der Waals surface area contributed by atoms with E-state index in [-0.39, 0.29) is 57.5 Å². The smallest absolute Gasteiger partial charge is 0.216 e. The van der Waals surface area contributed by atoms with Crippen LogP contribution in [0.25, 0.3) is 0 Å². The van der Waals surface area contributed by atoms with Crippen LogP contribution >= 0.6 is 0 Å². The van der Waals surface area contributed by atoms with Crippen molar-refractivity contribution in [1.82, 2.24) is 6.15 Å². The van der Waals surface area contributed by atoms with E-state index in [0.717, 1.165) is 0 Å². The van der Waals surface area contributed by atoms with Crippen LogP contribution in [0.15, 0.2) is 0 Å². The van der Waals surface area contributed by atoms with Gasteiger partial charge in [0.1, 0.15) is 0 Å². The number of quaternary nitrogens is 1. The van der Waals surface area contributed by atoms with Crippen molar-refractivity contribution in [2.75, 3.05) is 0 Å². The fourth-order valence-electron chi connectivity index (χ4n) is 0. The van der Waals surface area contributed by atoms with E-state index in [1.54, 1.807) is 0 Å². The van der Waals surface area contributed by atoms with E-state index < -0.39 is 14.8 Å². The first-order valence-corrected chi connectivity index (χ1v) is 2.41. The summed E-state index contributed by atoms with van der Waals surface area (Å²) in [5, 5.41) is 0. The van der Waals surface area contributed by atoms with Crippen molar-refractivity contribution in [3.63, 3.8) is 0 Å². The van der Waals surface area contributed by atoms with E-state index in [4.69, 9.17) is 12.6 Å². The number of rotatable bonds is 0. The van der Waals surface area contributed by atoms with Crippen LogP contribution in [0.3, 0.4) is 0 Å². The van der Waals surface area contributed by atoms with Gasteiger partial charge in [0.2, 0.25) is 14.8 Å². The third-order valence-electron chi connectivity index (χ3n) is 0. The van der Waals surface area contributed by atoms with Gasteiger partial charge in [0, 0.05) is 51.4 Å². The molecule has 0 rings (SSSR count). The third-order valence-corrected chi connectivity index (χ3v) is 0. The predicted molar refractivity (Wildman–Crippen MR) is 11.7 cm³/mol. The second-order valence-electron chi connectivity index (χ2n) is 0.189. The molecule has 0 heterocycles. The van der Waals surface area contributed by atoms with E-state index in [9.17, 15) is 0 Å². The summed E-state index contributed by atoms with van der Waals surface area (Å²) in [4.78, 5) is 0. The molecule has 0 aliphatic carbocycles. The topological polar surface area (TPSA) is 106 Å². The number of halogens is 1. The summed E-state index contributed by atoms with van der Waals surface area (Å²) in [5.41, 5.74) is 0. The van der Waals surface area contributed by atoms with Crippen LogP contribution < -0.4 is 18.7 Å². The molecule has 0 aromatic carbocycles. The van der Waals surface area contributed by atoms with Crippen LogP contribution in [0, 0.1) is 14.8 Å². The molecule has 0 aliphatic heterocycles. The standard InChI is InChI=1S/BrO3.K.H3N/c2-1(3)4;;/h;;1H3/q-1;;/p+1. The largest absolute Gasteiger partial charge is 0.405 e. The zero-order chi connectivity index (χ0) is 3.58. The van der Waals surface area contributed by atoms with Gasteiger partial charge in [-0.15, -0.1) is 0 Å². The van der Waals surface area contributed by atoms with Crippen molar-refractivity contribution in [3.8, 4) is 0 Å². The first kappa shape index (κ1) is 15.7. The fourth-order valence-corrected chi connectivity index (χ4v) is 0. The van der Waals surface area contributed by atoms with Crippen molar-refractivity contribution >= 4 is 51.4 Å². The Kier molecular flexibility index (Phi) is 26.2. The van der Waals surface area contributed by atoms with Crippen LogP contribution in [0.1, 0.15) is 0 Å². The van der Waals surface area contributed by atoms with Crippen molar-refractivity contribution in [1.29, 1.82) is 0 Å². The number of hydrogen-bond acceptors (Lipinski definition) is 3. The van der Waals surface area contributed by atoms with Gasteiger partial charge in [0.25, 0.3) is 0 Å². The summed E-state index contributed by atoms with van der Waals surface area (Å²) >= 11 is -3.65. The first-order chi connectivity index (χ1) is 1.73. The summed E-state index contributed by atoms with van der Waals surface area (Å²) < 4.78 is 25.6. The van der Waals surface area contributed by atoms with Gasteiger partial charge in [-0.25, -0.2) is 0 Å².